The summed E-state index contributed by atoms with van der Waals surface area (Å²) in [6, 6.07) is 16.0. The van der Waals surface area contributed by atoms with Crippen LogP contribution < -0.4 is 10.2 Å². The van der Waals surface area contributed by atoms with E-state index in [-0.39, 0.29) is 11.3 Å². The maximum Gasteiger partial charge on any atom is 0.293 e. The summed E-state index contributed by atoms with van der Waals surface area (Å²) in [4.78, 5) is 30.9. The minimum absolute atomic E-state index is 0.0539. The van der Waals surface area contributed by atoms with Gasteiger partial charge in [-0.15, -0.1) is 0 Å². The molecule has 1 saturated heterocycles. The van der Waals surface area contributed by atoms with Crippen LogP contribution in [0.2, 0.25) is 0 Å². The van der Waals surface area contributed by atoms with Gasteiger partial charge in [0.2, 0.25) is 5.89 Å². The summed E-state index contributed by atoms with van der Waals surface area (Å²) in [5, 5.41) is 14.6. The molecule has 1 aliphatic rings. The number of carbonyl (C=O) groups excluding carboxylic acids is 1. The Bertz CT molecular complexity index is 1420. The summed E-state index contributed by atoms with van der Waals surface area (Å²) >= 11 is 0. The molecule has 4 aromatic rings. The van der Waals surface area contributed by atoms with E-state index in [0.717, 1.165) is 48.1 Å². The fourth-order valence-electron chi connectivity index (χ4n) is 4.39. The first kappa shape index (κ1) is 21.6. The molecule has 0 aliphatic carbocycles. The average molecular weight is 457 g/mol. The molecule has 3 aromatic carbocycles. The van der Waals surface area contributed by atoms with Crippen LogP contribution in [-0.4, -0.2) is 28.9 Å². The Labute approximate surface area is 196 Å². The molecule has 1 N–H and O–H groups in total. The lowest BCUT2D eigenvalue weighted by Crippen LogP contribution is -2.20. The molecule has 0 saturated carbocycles. The SMILES string of the molecule is Cc1ccc2oc(-c3cccc(NC(=O)c4ccc(N5CCCC5)c([N+](=O)[O-])c4)c3C)nc2c1. The number of oxazole rings is 1. The average Bonchev–Trinajstić information content (AvgIpc) is 3.50. The van der Waals surface area contributed by atoms with Gasteiger partial charge in [0.05, 0.1) is 4.92 Å². The van der Waals surface area contributed by atoms with Crippen LogP contribution >= 0.6 is 0 Å². The minimum Gasteiger partial charge on any atom is -0.436 e. The highest BCUT2D eigenvalue weighted by atomic mass is 16.6. The Hall–Kier alpha value is -4.20. The number of nitro benzene ring substituents is 1. The first-order valence-corrected chi connectivity index (χ1v) is 11.2. The second kappa shape index (κ2) is 8.62. The highest BCUT2D eigenvalue weighted by Gasteiger charge is 2.24. The lowest BCUT2D eigenvalue weighted by molar-refractivity contribution is -0.384. The molecule has 1 aliphatic heterocycles. The van der Waals surface area contributed by atoms with E-state index in [9.17, 15) is 14.9 Å². The van der Waals surface area contributed by atoms with Crippen molar-refractivity contribution in [3.63, 3.8) is 0 Å². The smallest absolute Gasteiger partial charge is 0.293 e. The zero-order valence-electron chi connectivity index (χ0n) is 19.0. The molecule has 1 amide bonds. The minimum atomic E-state index is -0.425. The van der Waals surface area contributed by atoms with E-state index in [2.05, 4.69) is 10.3 Å². The predicted octanol–water partition coefficient (Wildman–Crippen LogP) is 5.87. The molecule has 0 bridgehead atoms. The lowest BCUT2D eigenvalue weighted by Gasteiger charge is -2.18. The van der Waals surface area contributed by atoms with Gasteiger partial charge >= 0.3 is 0 Å². The molecule has 34 heavy (non-hydrogen) atoms. The summed E-state index contributed by atoms with van der Waals surface area (Å²) in [5.74, 6) is 0.0596. The van der Waals surface area contributed by atoms with Gasteiger partial charge in [-0.2, -0.15) is 0 Å². The van der Waals surface area contributed by atoms with E-state index in [1.807, 2.05) is 49.1 Å². The molecule has 0 radical (unpaired) electrons. The molecule has 5 rings (SSSR count). The van der Waals surface area contributed by atoms with Crippen molar-refractivity contribution in [1.82, 2.24) is 4.98 Å². The largest absolute Gasteiger partial charge is 0.436 e. The van der Waals surface area contributed by atoms with Crippen molar-refractivity contribution in [2.24, 2.45) is 0 Å². The number of aromatic nitrogens is 1. The third-order valence-corrected chi connectivity index (χ3v) is 6.24. The fourth-order valence-corrected chi connectivity index (χ4v) is 4.39. The van der Waals surface area contributed by atoms with Crippen LogP contribution in [0.25, 0.3) is 22.6 Å². The Balaban J connectivity index is 1.44. The number of anilines is 2. The van der Waals surface area contributed by atoms with Gasteiger partial charge in [0.15, 0.2) is 5.58 Å². The van der Waals surface area contributed by atoms with Gasteiger partial charge in [0, 0.05) is 36.0 Å². The molecule has 1 aromatic heterocycles. The van der Waals surface area contributed by atoms with Gasteiger partial charge < -0.3 is 14.6 Å². The number of nitrogens with zero attached hydrogens (tertiary/aromatic N) is 3. The molecule has 2 heterocycles. The second-order valence-electron chi connectivity index (χ2n) is 8.58. The Morgan fingerprint density at radius 1 is 1.09 bits per heavy atom. The van der Waals surface area contributed by atoms with Crippen molar-refractivity contribution in [1.29, 1.82) is 0 Å². The maximum atomic E-state index is 13.0. The number of nitro groups is 1. The topological polar surface area (TPSA) is 102 Å². The number of rotatable bonds is 5. The number of carbonyl (C=O) groups is 1. The van der Waals surface area contributed by atoms with Crippen molar-refractivity contribution >= 4 is 34.1 Å². The molecule has 8 heteroatoms. The highest BCUT2D eigenvalue weighted by molar-refractivity contribution is 6.06. The quantitative estimate of drug-likeness (QED) is 0.298. The normalized spacial score (nSPS) is 13.4. The van der Waals surface area contributed by atoms with E-state index in [0.29, 0.717) is 22.8 Å². The van der Waals surface area contributed by atoms with Crippen LogP contribution in [0.5, 0.6) is 0 Å². The number of fused-ring (bicyclic) bond motifs is 1. The van der Waals surface area contributed by atoms with E-state index in [1.165, 1.54) is 6.07 Å². The highest BCUT2D eigenvalue weighted by Crippen LogP contribution is 2.33. The molecular weight excluding hydrogens is 432 g/mol. The van der Waals surface area contributed by atoms with Crippen molar-refractivity contribution < 1.29 is 14.1 Å². The van der Waals surface area contributed by atoms with Crippen molar-refractivity contribution in [2.75, 3.05) is 23.3 Å². The molecule has 0 atom stereocenters. The number of amides is 1. The summed E-state index contributed by atoms with van der Waals surface area (Å²) in [7, 11) is 0. The zero-order valence-corrected chi connectivity index (χ0v) is 19.0. The van der Waals surface area contributed by atoms with E-state index in [4.69, 9.17) is 4.42 Å². The zero-order chi connectivity index (χ0) is 23.8. The van der Waals surface area contributed by atoms with E-state index < -0.39 is 10.8 Å². The Kier molecular flexibility index (Phi) is 5.49. The summed E-state index contributed by atoms with van der Waals surface area (Å²) in [5.41, 5.74) is 5.45. The molecule has 8 nitrogen and oxygen atoms in total. The van der Waals surface area contributed by atoms with Gasteiger partial charge in [0.1, 0.15) is 11.2 Å². The third-order valence-electron chi connectivity index (χ3n) is 6.24. The van der Waals surface area contributed by atoms with Crippen LogP contribution in [0.3, 0.4) is 0 Å². The van der Waals surface area contributed by atoms with E-state index in [1.54, 1.807) is 18.2 Å². The summed E-state index contributed by atoms with van der Waals surface area (Å²) in [6.07, 6.45) is 2.02. The maximum absolute atomic E-state index is 13.0. The number of hydrogen-bond donors (Lipinski definition) is 1. The van der Waals surface area contributed by atoms with Crippen LogP contribution in [0, 0.1) is 24.0 Å². The standard InChI is InChI=1S/C26H24N4O4/c1-16-8-11-24-21(14-16)28-26(34-24)19-6-5-7-20(17(19)2)27-25(31)18-9-10-22(23(15-18)30(32)33)29-12-3-4-13-29/h5-11,14-15H,3-4,12-13H2,1-2H3,(H,27,31). The molecule has 1 fully saturated rings. The van der Waals surface area contributed by atoms with E-state index >= 15 is 0 Å². The van der Waals surface area contributed by atoms with Crippen molar-refractivity contribution in [2.45, 2.75) is 26.7 Å². The van der Waals surface area contributed by atoms with Crippen molar-refractivity contribution in [3.8, 4) is 11.5 Å². The fraction of sp³-hybridized carbons (Fsp3) is 0.231. The van der Waals surface area contributed by atoms with Gasteiger partial charge in [-0.25, -0.2) is 4.98 Å². The van der Waals surface area contributed by atoms with Crippen LogP contribution in [0.15, 0.2) is 59.0 Å². The first-order chi connectivity index (χ1) is 16.4. The summed E-state index contributed by atoms with van der Waals surface area (Å²) < 4.78 is 5.94. The van der Waals surface area contributed by atoms with Gasteiger partial charge in [-0.05, 0) is 74.2 Å². The van der Waals surface area contributed by atoms with Crippen LogP contribution in [0.1, 0.15) is 34.3 Å². The number of benzene rings is 3. The Morgan fingerprint density at radius 2 is 1.88 bits per heavy atom. The summed E-state index contributed by atoms with van der Waals surface area (Å²) in [6.45, 7) is 5.45. The predicted molar refractivity (Wildman–Crippen MR) is 131 cm³/mol. The van der Waals surface area contributed by atoms with Crippen LogP contribution in [-0.2, 0) is 0 Å². The molecule has 0 unspecified atom stereocenters. The Morgan fingerprint density at radius 3 is 2.65 bits per heavy atom. The van der Waals surface area contributed by atoms with Gasteiger partial charge in [-0.3, -0.25) is 14.9 Å². The first-order valence-electron chi connectivity index (χ1n) is 11.2. The number of nitrogens with one attached hydrogen (secondary N) is 1. The second-order valence-corrected chi connectivity index (χ2v) is 8.58. The molecule has 0 spiro atoms. The van der Waals surface area contributed by atoms with Gasteiger partial charge in [-0.1, -0.05) is 12.1 Å². The molecular formula is C26H24N4O4. The van der Waals surface area contributed by atoms with Gasteiger partial charge in [0.25, 0.3) is 11.6 Å². The van der Waals surface area contributed by atoms with Crippen molar-refractivity contribution in [3.05, 3.63) is 81.4 Å². The van der Waals surface area contributed by atoms with Crippen LogP contribution in [0.4, 0.5) is 17.1 Å². The number of hydrogen-bond acceptors (Lipinski definition) is 6. The lowest BCUT2D eigenvalue weighted by atomic mass is 10.1. The monoisotopic (exact) mass is 456 g/mol. The third kappa shape index (κ3) is 3.98. The number of aryl methyl sites for hydroxylation is 1. The molecule has 172 valence electrons.